The number of carbonyl (C=O) groups is 1. The highest BCUT2D eigenvalue weighted by atomic mass is 32.2. The fraction of sp³-hybridized carbons (Fsp3) is 0.381. The lowest BCUT2D eigenvalue weighted by Crippen LogP contribution is -2.38. The van der Waals surface area contributed by atoms with Crippen molar-refractivity contribution in [2.45, 2.75) is 17.9 Å². The van der Waals surface area contributed by atoms with Crippen LogP contribution in [0, 0.1) is 0 Å². The van der Waals surface area contributed by atoms with E-state index in [0.717, 1.165) is 44.2 Å². The minimum atomic E-state index is -3.73. The zero-order valence-electron chi connectivity index (χ0n) is 16.7. The van der Waals surface area contributed by atoms with Gasteiger partial charge in [0.2, 0.25) is 15.9 Å². The van der Waals surface area contributed by atoms with Crippen molar-refractivity contribution < 1.29 is 22.7 Å². The zero-order chi connectivity index (χ0) is 21.4. The molecule has 1 aliphatic rings. The summed E-state index contributed by atoms with van der Waals surface area (Å²) in [6.07, 6.45) is 0.153. The maximum Gasteiger partial charge on any atom is 0.238 e. The Kier molecular flexibility index (Phi) is 7.81. The number of primary sulfonamides is 1. The average molecular weight is 434 g/mol. The fourth-order valence-electron chi connectivity index (χ4n) is 3.11. The molecule has 0 aliphatic carbocycles. The molecule has 8 nitrogen and oxygen atoms in total. The van der Waals surface area contributed by atoms with E-state index in [4.69, 9.17) is 14.6 Å². The topological polar surface area (TPSA) is 111 Å². The second-order valence-electron chi connectivity index (χ2n) is 7.09. The summed E-state index contributed by atoms with van der Waals surface area (Å²) in [5, 5.41) is 7.94. The first-order chi connectivity index (χ1) is 14.4. The van der Waals surface area contributed by atoms with Gasteiger partial charge >= 0.3 is 0 Å². The maximum absolute atomic E-state index is 12.2. The quantitative estimate of drug-likeness (QED) is 0.608. The standard InChI is InChI=1S/C21H27N3O5S/c22-30(26,27)20-6-4-17(5-7-20)15-21(25)23-16-18-2-1-3-19(14-18)29-13-10-24-8-11-28-12-9-24/h1-7,14H,8-13,15-16H2,(H,23,25)(H2,22,26,27). The van der Waals surface area contributed by atoms with E-state index < -0.39 is 10.0 Å². The van der Waals surface area contributed by atoms with E-state index in [2.05, 4.69) is 10.2 Å². The summed E-state index contributed by atoms with van der Waals surface area (Å²) < 4.78 is 33.7. The van der Waals surface area contributed by atoms with Gasteiger partial charge in [-0.3, -0.25) is 9.69 Å². The van der Waals surface area contributed by atoms with Crippen LogP contribution < -0.4 is 15.2 Å². The largest absolute Gasteiger partial charge is 0.492 e. The lowest BCUT2D eigenvalue weighted by atomic mass is 10.1. The molecular weight excluding hydrogens is 406 g/mol. The first-order valence-corrected chi connectivity index (χ1v) is 11.3. The molecule has 9 heteroatoms. The van der Waals surface area contributed by atoms with Gasteiger partial charge in [0.15, 0.2) is 0 Å². The van der Waals surface area contributed by atoms with E-state index in [1.807, 2.05) is 24.3 Å². The number of amides is 1. The van der Waals surface area contributed by atoms with E-state index in [0.29, 0.717) is 18.7 Å². The highest BCUT2D eigenvalue weighted by Crippen LogP contribution is 2.14. The van der Waals surface area contributed by atoms with Crippen molar-refractivity contribution in [1.82, 2.24) is 10.2 Å². The van der Waals surface area contributed by atoms with Gasteiger partial charge < -0.3 is 14.8 Å². The molecule has 0 atom stereocenters. The summed E-state index contributed by atoms with van der Waals surface area (Å²) >= 11 is 0. The Morgan fingerprint density at radius 3 is 2.53 bits per heavy atom. The van der Waals surface area contributed by atoms with Crippen LogP contribution in [0.2, 0.25) is 0 Å². The van der Waals surface area contributed by atoms with Gasteiger partial charge in [-0.2, -0.15) is 0 Å². The minimum Gasteiger partial charge on any atom is -0.492 e. The number of nitrogens with one attached hydrogen (secondary N) is 1. The molecule has 0 unspecified atom stereocenters. The Morgan fingerprint density at radius 2 is 1.83 bits per heavy atom. The third kappa shape index (κ3) is 7.10. The number of nitrogens with zero attached hydrogens (tertiary/aromatic N) is 1. The Balaban J connectivity index is 1.43. The third-order valence-electron chi connectivity index (χ3n) is 4.78. The predicted molar refractivity (Wildman–Crippen MR) is 113 cm³/mol. The van der Waals surface area contributed by atoms with Crippen LogP contribution in [-0.4, -0.2) is 58.7 Å². The second kappa shape index (κ2) is 10.5. The van der Waals surface area contributed by atoms with Gasteiger partial charge in [-0.25, -0.2) is 13.6 Å². The Morgan fingerprint density at radius 1 is 1.10 bits per heavy atom. The molecule has 1 heterocycles. The van der Waals surface area contributed by atoms with Crippen LogP contribution in [-0.2, 0) is 32.5 Å². The molecular formula is C21H27N3O5S. The lowest BCUT2D eigenvalue weighted by Gasteiger charge is -2.26. The van der Waals surface area contributed by atoms with Crippen molar-refractivity contribution >= 4 is 15.9 Å². The molecule has 1 saturated heterocycles. The monoisotopic (exact) mass is 433 g/mol. The van der Waals surface area contributed by atoms with Gasteiger partial charge in [0.05, 0.1) is 24.5 Å². The SMILES string of the molecule is NS(=O)(=O)c1ccc(CC(=O)NCc2cccc(OCCN3CCOCC3)c2)cc1. The number of carbonyl (C=O) groups excluding carboxylic acids is 1. The van der Waals surface area contributed by atoms with Gasteiger partial charge in [-0.1, -0.05) is 24.3 Å². The van der Waals surface area contributed by atoms with Crippen LogP contribution in [0.3, 0.4) is 0 Å². The minimum absolute atomic E-state index is 0.0251. The predicted octanol–water partition coefficient (Wildman–Crippen LogP) is 0.904. The summed E-state index contributed by atoms with van der Waals surface area (Å²) in [7, 11) is -3.73. The van der Waals surface area contributed by atoms with Crippen LogP contribution in [0.15, 0.2) is 53.4 Å². The smallest absolute Gasteiger partial charge is 0.238 e. The van der Waals surface area contributed by atoms with Gasteiger partial charge in [-0.15, -0.1) is 0 Å². The first kappa shape index (κ1) is 22.2. The molecule has 1 aliphatic heterocycles. The molecule has 0 bridgehead atoms. The highest BCUT2D eigenvalue weighted by molar-refractivity contribution is 7.89. The van der Waals surface area contributed by atoms with Crippen molar-refractivity contribution in [3.63, 3.8) is 0 Å². The summed E-state index contributed by atoms with van der Waals surface area (Å²) in [6, 6.07) is 13.6. The van der Waals surface area contributed by atoms with Crippen LogP contribution in [0.25, 0.3) is 0 Å². The van der Waals surface area contributed by atoms with Crippen molar-refractivity contribution in [1.29, 1.82) is 0 Å². The van der Waals surface area contributed by atoms with Crippen LogP contribution in [0.1, 0.15) is 11.1 Å². The molecule has 0 saturated carbocycles. The van der Waals surface area contributed by atoms with Gasteiger partial charge in [-0.05, 0) is 35.4 Å². The van der Waals surface area contributed by atoms with Crippen LogP contribution in [0.5, 0.6) is 5.75 Å². The van der Waals surface area contributed by atoms with Gasteiger partial charge in [0.25, 0.3) is 0 Å². The van der Waals surface area contributed by atoms with Crippen molar-refractivity contribution in [3.8, 4) is 5.75 Å². The number of benzene rings is 2. The molecule has 1 amide bonds. The molecule has 0 spiro atoms. The average Bonchev–Trinajstić information content (AvgIpc) is 2.73. The number of rotatable bonds is 9. The zero-order valence-corrected chi connectivity index (χ0v) is 17.6. The fourth-order valence-corrected chi connectivity index (χ4v) is 3.62. The number of ether oxygens (including phenoxy) is 2. The third-order valence-corrected chi connectivity index (χ3v) is 5.71. The highest BCUT2D eigenvalue weighted by Gasteiger charge is 2.11. The van der Waals surface area contributed by atoms with Gasteiger partial charge in [0.1, 0.15) is 12.4 Å². The normalized spacial score (nSPS) is 15.0. The Hall–Kier alpha value is -2.46. The Bertz CT molecular complexity index is 941. The Labute approximate surface area is 177 Å². The number of nitrogens with two attached hydrogens (primary N) is 1. The number of sulfonamides is 1. The molecule has 162 valence electrons. The molecule has 0 radical (unpaired) electrons. The number of hydrogen-bond donors (Lipinski definition) is 2. The van der Waals surface area contributed by atoms with E-state index in [-0.39, 0.29) is 17.2 Å². The summed E-state index contributed by atoms with van der Waals surface area (Å²) in [5.74, 6) is 0.616. The van der Waals surface area contributed by atoms with Crippen molar-refractivity contribution in [2.75, 3.05) is 39.5 Å². The number of hydrogen-bond acceptors (Lipinski definition) is 6. The molecule has 3 rings (SSSR count). The molecule has 0 aromatic heterocycles. The van der Waals surface area contributed by atoms with E-state index in [9.17, 15) is 13.2 Å². The lowest BCUT2D eigenvalue weighted by molar-refractivity contribution is -0.120. The molecule has 30 heavy (non-hydrogen) atoms. The number of morpholine rings is 1. The van der Waals surface area contributed by atoms with Crippen LogP contribution >= 0.6 is 0 Å². The summed E-state index contributed by atoms with van der Waals surface area (Å²) in [4.78, 5) is 14.5. The van der Waals surface area contributed by atoms with Crippen LogP contribution in [0.4, 0.5) is 0 Å². The molecule has 1 fully saturated rings. The van der Waals surface area contributed by atoms with E-state index >= 15 is 0 Å². The van der Waals surface area contributed by atoms with Crippen molar-refractivity contribution in [2.24, 2.45) is 5.14 Å². The van der Waals surface area contributed by atoms with Crippen molar-refractivity contribution in [3.05, 3.63) is 59.7 Å². The molecule has 2 aromatic carbocycles. The van der Waals surface area contributed by atoms with E-state index in [1.165, 1.54) is 12.1 Å². The molecule has 2 aromatic rings. The second-order valence-corrected chi connectivity index (χ2v) is 8.65. The molecule has 3 N–H and O–H groups in total. The van der Waals surface area contributed by atoms with E-state index in [1.54, 1.807) is 12.1 Å². The van der Waals surface area contributed by atoms with Gasteiger partial charge in [0, 0.05) is 26.2 Å². The first-order valence-electron chi connectivity index (χ1n) is 9.80. The summed E-state index contributed by atoms with van der Waals surface area (Å²) in [6.45, 7) is 5.24. The summed E-state index contributed by atoms with van der Waals surface area (Å²) in [5.41, 5.74) is 1.65. The maximum atomic E-state index is 12.2.